The molecule has 2 rings (SSSR count). The third-order valence-corrected chi connectivity index (χ3v) is 3.18. The van der Waals surface area contributed by atoms with E-state index in [1.54, 1.807) is 0 Å². The molecule has 1 unspecified atom stereocenters. The van der Waals surface area contributed by atoms with E-state index in [2.05, 4.69) is 12.2 Å². The Morgan fingerprint density at radius 2 is 2.30 bits per heavy atom. The molecule has 2 nitrogen and oxygen atoms in total. The molecule has 2 heteroatoms. The van der Waals surface area contributed by atoms with E-state index in [0.717, 1.165) is 25.9 Å². The van der Waals surface area contributed by atoms with E-state index in [4.69, 9.17) is 0 Å². The molecule has 1 heterocycles. The molecule has 0 bridgehead atoms. The van der Waals surface area contributed by atoms with Gasteiger partial charge in [-0.25, -0.2) is 0 Å². The van der Waals surface area contributed by atoms with Gasteiger partial charge in [-0.05, 0) is 12.3 Å². The Labute approximate surface area is 61.0 Å². The first-order chi connectivity index (χ1) is 4.76. The molecule has 2 fully saturated rings. The van der Waals surface area contributed by atoms with Crippen molar-refractivity contribution in [2.24, 2.45) is 11.3 Å². The Morgan fingerprint density at radius 1 is 1.60 bits per heavy atom. The minimum Gasteiger partial charge on any atom is -0.315 e. The third-order valence-electron chi connectivity index (χ3n) is 3.18. The van der Waals surface area contributed by atoms with Crippen LogP contribution in [0.1, 0.15) is 19.8 Å². The summed E-state index contributed by atoms with van der Waals surface area (Å²) < 4.78 is 0. The van der Waals surface area contributed by atoms with Gasteiger partial charge in [0.1, 0.15) is 5.78 Å². The van der Waals surface area contributed by atoms with E-state index in [9.17, 15) is 4.79 Å². The number of rotatable bonds is 0. The highest BCUT2D eigenvalue weighted by atomic mass is 16.1. The maximum Gasteiger partial charge on any atom is 0.141 e. The van der Waals surface area contributed by atoms with Gasteiger partial charge in [-0.1, -0.05) is 6.92 Å². The second kappa shape index (κ2) is 1.82. The standard InChI is InChI=1S/C8H13NO/c1-6-2-3-7(10)8(6)4-9-5-8/h6,9H,2-5H2,1H3. The zero-order valence-corrected chi connectivity index (χ0v) is 6.31. The van der Waals surface area contributed by atoms with Gasteiger partial charge in [0.05, 0.1) is 5.41 Å². The van der Waals surface area contributed by atoms with Gasteiger partial charge in [-0.15, -0.1) is 0 Å². The number of Topliss-reactive ketones (excluding diaryl/α,β-unsaturated/α-hetero) is 1. The van der Waals surface area contributed by atoms with Crippen molar-refractivity contribution in [3.63, 3.8) is 0 Å². The van der Waals surface area contributed by atoms with Gasteiger partial charge in [0, 0.05) is 19.5 Å². The predicted molar refractivity (Wildman–Crippen MR) is 38.7 cm³/mol. The highest BCUT2D eigenvalue weighted by Gasteiger charge is 2.51. The van der Waals surface area contributed by atoms with Gasteiger partial charge >= 0.3 is 0 Å². The monoisotopic (exact) mass is 139 g/mol. The molecule has 0 radical (unpaired) electrons. The zero-order valence-electron chi connectivity index (χ0n) is 6.31. The molecule has 0 aromatic carbocycles. The van der Waals surface area contributed by atoms with Crippen molar-refractivity contribution in [3.8, 4) is 0 Å². The van der Waals surface area contributed by atoms with E-state index in [-0.39, 0.29) is 5.41 Å². The summed E-state index contributed by atoms with van der Waals surface area (Å²) in [4.78, 5) is 11.3. The van der Waals surface area contributed by atoms with Crippen LogP contribution >= 0.6 is 0 Å². The van der Waals surface area contributed by atoms with Crippen LogP contribution in [0.2, 0.25) is 0 Å². The molecule has 1 spiro atoms. The lowest BCUT2D eigenvalue weighted by Crippen LogP contribution is -2.58. The average Bonchev–Trinajstić information content (AvgIpc) is 2.06. The summed E-state index contributed by atoms with van der Waals surface area (Å²) in [7, 11) is 0. The molecule has 1 saturated heterocycles. The molecule has 10 heavy (non-hydrogen) atoms. The summed E-state index contributed by atoms with van der Waals surface area (Å²) >= 11 is 0. The van der Waals surface area contributed by atoms with Crippen molar-refractivity contribution in [3.05, 3.63) is 0 Å². The normalized spacial score (nSPS) is 36.5. The summed E-state index contributed by atoms with van der Waals surface area (Å²) in [6.07, 6.45) is 1.93. The summed E-state index contributed by atoms with van der Waals surface area (Å²) in [5, 5.41) is 3.18. The Morgan fingerprint density at radius 3 is 2.50 bits per heavy atom. The molecule has 2 aliphatic rings. The second-order valence-corrected chi connectivity index (χ2v) is 3.62. The van der Waals surface area contributed by atoms with Crippen molar-refractivity contribution in [1.82, 2.24) is 5.32 Å². The van der Waals surface area contributed by atoms with Crippen molar-refractivity contribution in [2.75, 3.05) is 13.1 Å². The maximum atomic E-state index is 11.3. The first-order valence-corrected chi connectivity index (χ1v) is 4.00. The Bertz CT molecular complexity index is 172. The van der Waals surface area contributed by atoms with E-state index in [0.29, 0.717) is 11.7 Å². The molecule has 0 aromatic rings. The van der Waals surface area contributed by atoms with Crippen LogP contribution in [0.5, 0.6) is 0 Å². The SMILES string of the molecule is CC1CCC(=O)C12CNC2. The van der Waals surface area contributed by atoms with E-state index in [1.807, 2.05) is 0 Å². The molecule has 1 aliphatic heterocycles. The second-order valence-electron chi connectivity index (χ2n) is 3.62. The quantitative estimate of drug-likeness (QED) is 0.531. The van der Waals surface area contributed by atoms with Crippen molar-refractivity contribution < 1.29 is 4.79 Å². The predicted octanol–water partition coefficient (Wildman–Crippen LogP) is 0.575. The van der Waals surface area contributed by atoms with Crippen molar-refractivity contribution >= 4 is 5.78 Å². The van der Waals surface area contributed by atoms with Gasteiger partial charge in [-0.2, -0.15) is 0 Å². The summed E-state index contributed by atoms with van der Waals surface area (Å²) in [6, 6.07) is 0. The number of ketones is 1. The van der Waals surface area contributed by atoms with Gasteiger partial charge in [0.15, 0.2) is 0 Å². The van der Waals surface area contributed by atoms with Crippen molar-refractivity contribution in [1.29, 1.82) is 0 Å². The first-order valence-electron chi connectivity index (χ1n) is 4.00. The minimum absolute atomic E-state index is 0.0833. The van der Waals surface area contributed by atoms with Crippen LogP contribution in [0.25, 0.3) is 0 Å². The smallest absolute Gasteiger partial charge is 0.141 e. The van der Waals surface area contributed by atoms with Crippen LogP contribution in [-0.2, 0) is 4.79 Å². The molecular weight excluding hydrogens is 126 g/mol. The maximum absolute atomic E-state index is 11.3. The van der Waals surface area contributed by atoms with Crippen molar-refractivity contribution in [2.45, 2.75) is 19.8 Å². The Balaban J connectivity index is 2.23. The molecule has 0 aromatic heterocycles. The van der Waals surface area contributed by atoms with Gasteiger partial charge in [-0.3, -0.25) is 4.79 Å². The number of nitrogens with one attached hydrogen (secondary N) is 1. The van der Waals surface area contributed by atoms with Crippen LogP contribution in [0.3, 0.4) is 0 Å². The molecule has 56 valence electrons. The third kappa shape index (κ3) is 0.553. The minimum atomic E-state index is 0.0833. The number of hydrogen-bond acceptors (Lipinski definition) is 2. The fourth-order valence-electron chi connectivity index (χ4n) is 2.09. The van der Waals surface area contributed by atoms with Crippen LogP contribution in [0.4, 0.5) is 0 Å². The Kier molecular flexibility index (Phi) is 1.15. The molecular formula is C8H13NO. The summed E-state index contributed by atoms with van der Waals surface area (Å²) in [5.74, 6) is 1.13. The zero-order chi connectivity index (χ0) is 7.19. The Hall–Kier alpha value is -0.370. The lowest BCUT2D eigenvalue weighted by molar-refractivity contribution is -0.129. The van der Waals surface area contributed by atoms with Gasteiger partial charge in [0.2, 0.25) is 0 Å². The first kappa shape index (κ1) is 6.35. The van der Waals surface area contributed by atoms with Gasteiger partial charge in [0.25, 0.3) is 0 Å². The van der Waals surface area contributed by atoms with Gasteiger partial charge < -0.3 is 5.32 Å². The van der Waals surface area contributed by atoms with E-state index in [1.165, 1.54) is 0 Å². The summed E-state index contributed by atoms with van der Waals surface area (Å²) in [5.41, 5.74) is 0.0833. The largest absolute Gasteiger partial charge is 0.315 e. The molecule has 1 aliphatic carbocycles. The molecule has 1 N–H and O–H groups in total. The van der Waals surface area contributed by atoms with Crippen LogP contribution in [0, 0.1) is 11.3 Å². The number of carbonyl (C=O) groups is 1. The lowest BCUT2D eigenvalue weighted by Gasteiger charge is -2.41. The van der Waals surface area contributed by atoms with E-state index >= 15 is 0 Å². The number of carbonyl (C=O) groups excluding carboxylic acids is 1. The topological polar surface area (TPSA) is 29.1 Å². The fraction of sp³-hybridized carbons (Fsp3) is 0.875. The fourth-order valence-corrected chi connectivity index (χ4v) is 2.09. The van der Waals surface area contributed by atoms with E-state index < -0.39 is 0 Å². The highest BCUT2D eigenvalue weighted by molar-refractivity contribution is 5.88. The van der Waals surface area contributed by atoms with Crippen LogP contribution in [-0.4, -0.2) is 18.9 Å². The molecule has 1 atom stereocenters. The lowest BCUT2D eigenvalue weighted by atomic mass is 9.73. The highest BCUT2D eigenvalue weighted by Crippen LogP contribution is 2.42. The van der Waals surface area contributed by atoms with Crippen LogP contribution in [0.15, 0.2) is 0 Å². The molecule has 0 amide bonds. The molecule has 1 saturated carbocycles. The summed E-state index contributed by atoms with van der Waals surface area (Å²) in [6.45, 7) is 4.08. The number of hydrogen-bond donors (Lipinski definition) is 1. The average molecular weight is 139 g/mol. The van der Waals surface area contributed by atoms with Crippen LogP contribution < -0.4 is 5.32 Å².